The molecule has 2 aromatic rings. The van der Waals surface area contributed by atoms with E-state index in [9.17, 15) is 10.1 Å². The van der Waals surface area contributed by atoms with Gasteiger partial charge in [0.2, 0.25) is 0 Å². The number of para-hydroxylation sites is 1. The first-order valence-corrected chi connectivity index (χ1v) is 5.30. The average Bonchev–Trinajstić information content (AvgIpc) is 2.33. The van der Waals surface area contributed by atoms with Crippen molar-refractivity contribution in [3.8, 4) is 0 Å². The fourth-order valence-corrected chi connectivity index (χ4v) is 1.57. The molecule has 0 atom stereocenters. The van der Waals surface area contributed by atoms with Gasteiger partial charge in [-0.1, -0.05) is 23.7 Å². The summed E-state index contributed by atoms with van der Waals surface area (Å²) in [4.78, 5) is 10.1. The van der Waals surface area contributed by atoms with Crippen LogP contribution in [-0.4, -0.2) is 4.92 Å². The number of hydrogen-bond donors (Lipinski definition) is 1. The average molecular weight is 249 g/mol. The molecule has 0 spiro atoms. The van der Waals surface area contributed by atoms with Crippen molar-refractivity contribution in [1.82, 2.24) is 0 Å². The lowest BCUT2D eigenvalue weighted by Crippen LogP contribution is -1.92. The van der Waals surface area contributed by atoms with Gasteiger partial charge >= 0.3 is 0 Å². The number of nitrogens with zero attached hydrogens (tertiary/aromatic N) is 1. The zero-order chi connectivity index (χ0) is 12.3. The number of halogens is 1. The molecule has 0 bridgehead atoms. The van der Waals surface area contributed by atoms with E-state index in [4.69, 9.17) is 11.6 Å². The van der Waals surface area contributed by atoms with Crippen LogP contribution >= 0.6 is 11.6 Å². The predicted molar refractivity (Wildman–Crippen MR) is 67.8 cm³/mol. The Bertz CT molecular complexity index is 540. The van der Waals surface area contributed by atoms with Crippen molar-refractivity contribution < 1.29 is 4.92 Å². The summed E-state index contributed by atoms with van der Waals surface area (Å²) in [6.45, 7) is 0. The number of benzene rings is 2. The van der Waals surface area contributed by atoms with E-state index in [1.54, 1.807) is 18.2 Å². The van der Waals surface area contributed by atoms with Crippen molar-refractivity contribution >= 4 is 28.7 Å². The van der Waals surface area contributed by atoms with Gasteiger partial charge in [-0.2, -0.15) is 0 Å². The SMILES string of the molecule is O=[N+]([O-])c1ccc(Nc2ccccc2Cl)cc1. The predicted octanol–water partition coefficient (Wildman–Crippen LogP) is 3.99. The maximum absolute atomic E-state index is 10.5. The minimum Gasteiger partial charge on any atom is -0.354 e. The van der Waals surface area contributed by atoms with Crippen LogP contribution in [0, 0.1) is 10.1 Å². The van der Waals surface area contributed by atoms with E-state index in [2.05, 4.69) is 5.32 Å². The zero-order valence-corrected chi connectivity index (χ0v) is 9.52. The summed E-state index contributed by atoms with van der Waals surface area (Å²) in [5.41, 5.74) is 1.58. The minimum absolute atomic E-state index is 0.0645. The third-order valence-corrected chi connectivity index (χ3v) is 2.56. The molecule has 0 aromatic heterocycles. The number of non-ortho nitro benzene ring substituents is 1. The molecule has 0 heterocycles. The van der Waals surface area contributed by atoms with Crippen LogP contribution in [0.2, 0.25) is 5.02 Å². The van der Waals surface area contributed by atoms with Crippen LogP contribution in [0.3, 0.4) is 0 Å². The monoisotopic (exact) mass is 248 g/mol. The molecule has 17 heavy (non-hydrogen) atoms. The number of rotatable bonds is 3. The van der Waals surface area contributed by atoms with Gasteiger partial charge in [0.15, 0.2) is 0 Å². The van der Waals surface area contributed by atoms with Crippen LogP contribution in [0.25, 0.3) is 0 Å². The van der Waals surface area contributed by atoms with Crippen molar-refractivity contribution in [2.24, 2.45) is 0 Å². The highest BCUT2D eigenvalue weighted by atomic mass is 35.5. The molecule has 0 saturated heterocycles. The van der Waals surface area contributed by atoms with Gasteiger partial charge in [-0.25, -0.2) is 0 Å². The number of anilines is 2. The van der Waals surface area contributed by atoms with Crippen molar-refractivity contribution in [3.63, 3.8) is 0 Å². The lowest BCUT2D eigenvalue weighted by molar-refractivity contribution is -0.384. The second kappa shape index (κ2) is 4.84. The van der Waals surface area contributed by atoms with E-state index in [1.165, 1.54) is 12.1 Å². The lowest BCUT2D eigenvalue weighted by Gasteiger charge is -2.07. The molecule has 5 heteroatoms. The second-order valence-corrected chi connectivity index (χ2v) is 3.82. The van der Waals surface area contributed by atoms with Crippen LogP contribution in [0.4, 0.5) is 17.1 Å². The molecule has 0 aliphatic heterocycles. The maximum Gasteiger partial charge on any atom is 0.269 e. The molecular weight excluding hydrogens is 240 g/mol. The molecule has 0 unspecified atom stereocenters. The van der Waals surface area contributed by atoms with Gasteiger partial charge < -0.3 is 5.32 Å². The number of nitrogens with one attached hydrogen (secondary N) is 1. The molecule has 0 aliphatic rings. The van der Waals surface area contributed by atoms with Crippen LogP contribution in [0.15, 0.2) is 48.5 Å². The standard InChI is InChI=1S/C12H9ClN2O2/c13-11-3-1-2-4-12(11)14-9-5-7-10(8-6-9)15(16)17/h1-8,14H. The number of nitro groups is 1. The molecule has 4 nitrogen and oxygen atoms in total. The quantitative estimate of drug-likeness (QED) is 0.660. The largest absolute Gasteiger partial charge is 0.354 e. The molecule has 2 aromatic carbocycles. The number of nitro benzene ring substituents is 1. The Kier molecular flexibility index (Phi) is 3.25. The molecule has 2 rings (SSSR count). The Morgan fingerprint density at radius 1 is 1.06 bits per heavy atom. The summed E-state index contributed by atoms with van der Waals surface area (Å²) in [6.07, 6.45) is 0. The van der Waals surface area contributed by atoms with Crippen molar-refractivity contribution in [1.29, 1.82) is 0 Å². The lowest BCUT2D eigenvalue weighted by atomic mass is 10.2. The summed E-state index contributed by atoms with van der Waals surface area (Å²) >= 11 is 5.99. The smallest absolute Gasteiger partial charge is 0.269 e. The second-order valence-electron chi connectivity index (χ2n) is 3.41. The maximum atomic E-state index is 10.5. The summed E-state index contributed by atoms with van der Waals surface area (Å²) in [5.74, 6) is 0. The highest BCUT2D eigenvalue weighted by Gasteiger charge is 2.04. The molecule has 86 valence electrons. The van der Waals surface area contributed by atoms with Crippen molar-refractivity contribution in [2.75, 3.05) is 5.32 Å². The molecule has 1 N–H and O–H groups in total. The molecular formula is C12H9ClN2O2. The Hall–Kier alpha value is -2.07. The Morgan fingerprint density at radius 2 is 1.71 bits per heavy atom. The molecule has 0 radical (unpaired) electrons. The van der Waals surface area contributed by atoms with Crippen LogP contribution in [0.1, 0.15) is 0 Å². The molecule has 0 fully saturated rings. The van der Waals surface area contributed by atoms with Crippen LogP contribution in [-0.2, 0) is 0 Å². The Morgan fingerprint density at radius 3 is 2.29 bits per heavy atom. The fraction of sp³-hybridized carbons (Fsp3) is 0. The summed E-state index contributed by atoms with van der Waals surface area (Å²) in [7, 11) is 0. The first-order valence-electron chi connectivity index (χ1n) is 4.93. The number of hydrogen-bond acceptors (Lipinski definition) is 3. The van der Waals surface area contributed by atoms with E-state index in [0.29, 0.717) is 5.02 Å². The molecule has 0 saturated carbocycles. The van der Waals surface area contributed by atoms with Crippen molar-refractivity contribution in [2.45, 2.75) is 0 Å². The topological polar surface area (TPSA) is 55.2 Å². The van der Waals surface area contributed by atoms with Crippen LogP contribution in [0.5, 0.6) is 0 Å². The first kappa shape index (κ1) is 11.4. The Labute approximate surface area is 103 Å². The highest BCUT2D eigenvalue weighted by molar-refractivity contribution is 6.33. The third kappa shape index (κ3) is 2.73. The normalized spacial score (nSPS) is 9.94. The van der Waals surface area contributed by atoms with E-state index in [-0.39, 0.29) is 5.69 Å². The summed E-state index contributed by atoms with van der Waals surface area (Å²) in [5, 5.41) is 14.2. The van der Waals surface area contributed by atoms with Gasteiger partial charge in [0.05, 0.1) is 15.6 Å². The van der Waals surface area contributed by atoms with E-state index < -0.39 is 4.92 Å². The van der Waals surface area contributed by atoms with Gasteiger partial charge in [-0.05, 0) is 24.3 Å². The van der Waals surface area contributed by atoms with Gasteiger partial charge in [-0.3, -0.25) is 10.1 Å². The third-order valence-electron chi connectivity index (χ3n) is 2.23. The van der Waals surface area contributed by atoms with Gasteiger partial charge in [0.1, 0.15) is 0 Å². The summed E-state index contributed by atoms with van der Waals surface area (Å²) in [6, 6.07) is 13.5. The molecule has 0 aliphatic carbocycles. The van der Waals surface area contributed by atoms with Gasteiger partial charge in [-0.15, -0.1) is 0 Å². The van der Waals surface area contributed by atoms with Gasteiger partial charge in [0.25, 0.3) is 5.69 Å². The van der Waals surface area contributed by atoms with Gasteiger partial charge in [0, 0.05) is 17.8 Å². The minimum atomic E-state index is -0.431. The highest BCUT2D eigenvalue weighted by Crippen LogP contribution is 2.25. The van der Waals surface area contributed by atoms with E-state index in [0.717, 1.165) is 11.4 Å². The first-order chi connectivity index (χ1) is 8.16. The van der Waals surface area contributed by atoms with Crippen LogP contribution < -0.4 is 5.32 Å². The van der Waals surface area contributed by atoms with E-state index in [1.807, 2.05) is 18.2 Å². The summed E-state index contributed by atoms with van der Waals surface area (Å²) < 4.78 is 0. The Balaban J connectivity index is 2.20. The fourth-order valence-electron chi connectivity index (χ4n) is 1.38. The van der Waals surface area contributed by atoms with Crippen molar-refractivity contribution in [3.05, 3.63) is 63.7 Å². The zero-order valence-electron chi connectivity index (χ0n) is 8.76. The molecule has 0 amide bonds. The van der Waals surface area contributed by atoms with E-state index >= 15 is 0 Å².